The SMILES string of the molecule is COc1ccc(NS(=O)(=O)c2cc(NC(=O)c3cccc(-n4cnnn4)c3)ccc2C)cc1. The Labute approximate surface area is 190 Å². The van der Waals surface area contributed by atoms with Gasteiger partial charge in [-0.05, 0) is 77.5 Å². The molecular weight excluding hydrogens is 444 g/mol. The van der Waals surface area contributed by atoms with Gasteiger partial charge < -0.3 is 10.1 Å². The molecule has 1 heterocycles. The Bertz CT molecular complexity index is 1390. The number of tetrazole rings is 1. The summed E-state index contributed by atoms with van der Waals surface area (Å²) in [5, 5.41) is 13.7. The third-order valence-electron chi connectivity index (χ3n) is 4.80. The van der Waals surface area contributed by atoms with Crippen LogP contribution in [0.25, 0.3) is 5.69 Å². The summed E-state index contributed by atoms with van der Waals surface area (Å²) in [7, 11) is -2.36. The first kappa shape index (κ1) is 22.0. The van der Waals surface area contributed by atoms with Crippen LogP contribution in [0.2, 0.25) is 0 Å². The Hall–Kier alpha value is -4.25. The van der Waals surface area contributed by atoms with Crippen molar-refractivity contribution < 1.29 is 17.9 Å². The van der Waals surface area contributed by atoms with E-state index in [9.17, 15) is 13.2 Å². The van der Waals surface area contributed by atoms with Crippen molar-refractivity contribution in [1.82, 2.24) is 20.2 Å². The van der Waals surface area contributed by atoms with Gasteiger partial charge in [0.25, 0.3) is 15.9 Å². The molecule has 0 aliphatic heterocycles. The quantitative estimate of drug-likeness (QED) is 0.430. The summed E-state index contributed by atoms with van der Waals surface area (Å²) >= 11 is 0. The number of methoxy groups -OCH3 is 1. The van der Waals surface area contributed by atoms with Gasteiger partial charge in [0.1, 0.15) is 12.1 Å². The van der Waals surface area contributed by atoms with Gasteiger partial charge in [-0.2, -0.15) is 0 Å². The Kier molecular flexibility index (Phi) is 6.05. The van der Waals surface area contributed by atoms with E-state index in [1.54, 1.807) is 67.6 Å². The minimum Gasteiger partial charge on any atom is -0.497 e. The molecular formula is C22H20N6O4S. The van der Waals surface area contributed by atoms with Gasteiger partial charge in [0.05, 0.1) is 17.7 Å². The number of hydrogen-bond acceptors (Lipinski definition) is 7. The maximum Gasteiger partial charge on any atom is 0.262 e. The second kappa shape index (κ2) is 9.09. The summed E-state index contributed by atoms with van der Waals surface area (Å²) < 4.78 is 35.0. The van der Waals surface area contributed by atoms with Crippen molar-refractivity contribution in [3.63, 3.8) is 0 Å². The van der Waals surface area contributed by atoms with Crippen LogP contribution in [0.1, 0.15) is 15.9 Å². The number of nitrogens with one attached hydrogen (secondary N) is 2. The number of nitrogens with zero attached hydrogens (tertiary/aromatic N) is 4. The van der Waals surface area contributed by atoms with Crippen molar-refractivity contribution in [1.29, 1.82) is 0 Å². The number of carbonyl (C=O) groups excluding carboxylic acids is 1. The summed E-state index contributed by atoms with van der Waals surface area (Å²) in [5.74, 6) is 0.211. The lowest BCUT2D eigenvalue weighted by Crippen LogP contribution is -2.16. The van der Waals surface area contributed by atoms with Gasteiger partial charge in [0.2, 0.25) is 0 Å². The molecule has 11 heteroatoms. The van der Waals surface area contributed by atoms with E-state index in [2.05, 4.69) is 25.6 Å². The van der Waals surface area contributed by atoms with E-state index in [4.69, 9.17) is 4.74 Å². The van der Waals surface area contributed by atoms with Gasteiger partial charge in [0.15, 0.2) is 0 Å². The molecule has 0 radical (unpaired) electrons. The third-order valence-corrected chi connectivity index (χ3v) is 6.32. The summed E-state index contributed by atoms with van der Waals surface area (Å²) in [4.78, 5) is 12.8. The molecule has 0 unspecified atom stereocenters. The van der Waals surface area contributed by atoms with Crippen LogP contribution in [0.5, 0.6) is 5.75 Å². The second-order valence-corrected chi connectivity index (χ2v) is 8.72. The maximum absolute atomic E-state index is 13.0. The number of carbonyl (C=O) groups is 1. The molecule has 0 bridgehead atoms. The maximum atomic E-state index is 13.0. The molecule has 0 spiro atoms. The molecule has 0 saturated carbocycles. The molecule has 0 saturated heterocycles. The minimum absolute atomic E-state index is 0.0542. The molecule has 4 aromatic rings. The van der Waals surface area contributed by atoms with E-state index in [-0.39, 0.29) is 4.90 Å². The number of amides is 1. The van der Waals surface area contributed by atoms with Gasteiger partial charge in [0, 0.05) is 16.9 Å². The zero-order valence-electron chi connectivity index (χ0n) is 17.8. The van der Waals surface area contributed by atoms with E-state index in [0.717, 1.165) is 0 Å². The van der Waals surface area contributed by atoms with Crippen LogP contribution in [-0.2, 0) is 10.0 Å². The van der Waals surface area contributed by atoms with Crippen molar-refractivity contribution in [2.75, 3.05) is 17.1 Å². The number of sulfonamides is 1. The number of hydrogen-bond donors (Lipinski definition) is 2. The van der Waals surface area contributed by atoms with E-state index >= 15 is 0 Å². The Morgan fingerprint density at radius 2 is 1.76 bits per heavy atom. The molecule has 3 aromatic carbocycles. The zero-order chi connectivity index (χ0) is 23.4. The van der Waals surface area contributed by atoms with Crippen LogP contribution in [0.3, 0.4) is 0 Å². The van der Waals surface area contributed by atoms with Crippen molar-refractivity contribution in [2.45, 2.75) is 11.8 Å². The Balaban J connectivity index is 1.55. The topological polar surface area (TPSA) is 128 Å². The number of rotatable bonds is 7. The second-order valence-electron chi connectivity index (χ2n) is 7.07. The Morgan fingerprint density at radius 3 is 2.45 bits per heavy atom. The first-order valence-corrected chi connectivity index (χ1v) is 11.3. The molecule has 4 rings (SSSR count). The summed E-state index contributed by atoms with van der Waals surface area (Å²) in [6.45, 7) is 1.68. The lowest BCUT2D eigenvalue weighted by molar-refractivity contribution is 0.102. The predicted molar refractivity (Wildman–Crippen MR) is 122 cm³/mol. The van der Waals surface area contributed by atoms with Crippen LogP contribution in [0, 0.1) is 6.92 Å². The standard InChI is InChI=1S/C22H20N6O4S/c1-15-6-7-18(13-21(15)33(30,31)25-17-8-10-20(32-2)11-9-17)24-22(29)16-4-3-5-19(12-16)28-14-23-26-27-28/h3-14,25H,1-2H3,(H,24,29). The van der Waals surface area contributed by atoms with Gasteiger partial charge in [-0.15, -0.1) is 5.10 Å². The first-order chi connectivity index (χ1) is 15.9. The zero-order valence-corrected chi connectivity index (χ0v) is 18.6. The average molecular weight is 465 g/mol. The molecule has 0 aliphatic carbocycles. The smallest absolute Gasteiger partial charge is 0.262 e. The van der Waals surface area contributed by atoms with Crippen LogP contribution in [0.4, 0.5) is 11.4 Å². The monoisotopic (exact) mass is 464 g/mol. The molecule has 10 nitrogen and oxygen atoms in total. The fourth-order valence-electron chi connectivity index (χ4n) is 3.11. The van der Waals surface area contributed by atoms with Gasteiger partial charge in [-0.1, -0.05) is 12.1 Å². The normalized spacial score (nSPS) is 11.1. The molecule has 0 fully saturated rings. The van der Waals surface area contributed by atoms with Crippen molar-refractivity contribution in [2.24, 2.45) is 0 Å². The molecule has 1 amide bonds. The highest BCUT2D eigenvalue weighted by Gasteiger charge is 2.19. The van der Waals surface area contributed by atoms with E-state index < -0.39 is 15.9 Å². The molecule has 2 N–H and O–H groups in total. The summed E-state index contributed by atoms with van der Waals surface area (Å²) in [6.07, 6.45) is 1.42. The fraction of sp³-hybridized carbons (Fsp3) is 0.0909. The number of aromatic nitrogens is 4. The van der Waals surface area contributed by atoms with Crippen LogP contribution < -0.4 is 14.8 Å². The third kappa shape index (κ3) is 4.99. The number of ether oxygens (including phenoxy) is 1. The van der Waals surface area contributed by atoms with Crippen LogP contribution in [-0.4, -0.2) is 41.6 Å². The van der Waals surface area contributed by atoms with Crippen molar-refractivity contribution in [3.8, 4) is 11.4 Å². The summed E-state index contributed by atoms with van der Waals surface area (Å²) in [6, 6.07) is 18.0. The van der Waals surface area contributed by atoms with Gasteiger partial charge in [-0.3, -0.25) is 9.52 Å². The summed E-state index contributed by atoms with van der Waals surface area (Å²) in [5.41, 5.74) is 2.25. The largest absolute Gasteiger partial charge is 0.497 e. The first-order valence-electron chi connectivity index (χ1n) is 9.78. The highest BCUT2D eigenvalue weighted by Crippen LogP contribution is 2.24. The minimum atomic E-state index is -3.89. The number of benzene rings is 3. The number of anilines is 2. The fourth-order valence-corrected chi connectivity index (χ4v) is 4.44. The lowest BCUT2D eigenvalue weighted by Gasteiger charge is -2.13. The van der Waals surface area contributed by atoms with Gasteiger partial charge >= 0.3 is 0 Å². The Morgan fingerprint density at radius 1 is 1.00 bits per heavy atom. The van der Waals surface area contributed by atoms with Crippen molar-refractivity contribution >= 4 is 27.3 Å². The highest BCUT2D eigenvalue weighted by atomic mass is 32.2. The molecule has 0 aliphatic rings. The molecule has 1 aromatic heterocycles. The predicted octanol–water partition coefficient (Wildman–Crippen LogP) is 3.03. The van der Waals surface area contributed by atoms with Gasteiger partial charge in [-0.25, -0.2) is 13.1 Å². The van der Waals surface area contributed by atoms with Crippen LogP contribution in [0.15, 0.2) is 78.0 Å². The van der Waals surface area contributed by atoms with Crippen molar-refractivity contribution in [3.05, 3.63) is 84.2 Å². The number of aryl methyl sites for hydroxylation is 1. The highest BCUT2D eigenvalue weighted by molar-refractivity contribution is 7.92. The van der Waals surface area contributed by atoms with E-state index in [1.807, 2.05) is 0 Å². The molecule has 0 atom stereocenters. The van der Waals surface area contributed by atoms with E-state index in [0.29, 0.717) is 33.9 Å². The van der Waals surface area contributed by atoms with Crippen LogP contribution >= 0.6 is 0 Å². The average Bonchev–Trinajstić information content (AvgIpc) is 3.36. The molecule has 168 valence electrons. The molecule has 33 heavy (non-hydrogen) atoms. The lowest BCUT2D eigenvalue weighted by atomic mass is 10.1. The van der Waals surface area contributed by atoms with E-state index in [1.165, 1.54) is 24.2 Å².